The van der Waals surface area contributed by atoms with Gasteiger partial charge in [0.2, 0.25) is 0 Å². The summed E-state index contributed by atoms with van der Waals surface area (Å²) >= 11 is 0. The van der Waals surface area contributed by atoms with E-state index in [9.17, 15) is 0 Å². The molecule has 3 nitrogen and oxygen atoms in total. The molecule has 3 heteroatoms. The van der Waals surface area contributed by atoms with Gasteiger partial charge in [-0.05, 0) is 84.6 Å². The van der Waals surface area contributed by atoms with Crippen molar-refractivity contribution >= 4 is 56.0 Å². The van der Waals surface area contributed by atoms with Crippen molar-refractivity contribution < 1.29 is 4.42 Å². The summed E-state index contributed by atoms with van der Waals surface area (Å²) in [5, 5.41) is 3.55. The van der Waals surface area contributed by atoms with E-state index in [0.717, 1.165) is 51.8 Å². The van der Waals surface area contributed by atoms with Crippen molar-refractivity contribution in [3.8, 4) is 16.8 Å². The monoisotopic (exact) mass is 578 g/mol. The van der Waals surface area contributed by atoms with E-state index < -0.39 is 0 Å². The van der Waals surface area contributed by atoms with Gasteiger partial charge in [0.05, 0.1) is 11.2 Å². The van der Waals surface area contributed by atoms with Gasteiger partial charge in [-0.15, -0.1) is 0 Å². The summed E-state index contributed by atoms with van der Waals surface area (Å²) in [7, 11) is 0. The van der Waals surface area contributed by atoms with Crippen LogP contribution in [0.5, 0.6) is 0 Å². The molecule has 0 atom stereocenters. The van der Waals surface area contributed by atoms with Crippen LogP contribution in [0.4, 0.5) is 17.1 Å². The van der Waals surface area contributed by atoms with E-state index in [1.807, 2.05) is 12.1 Å². The van der Waals surface area contributed by atoms with Gasteiger partial charge in [-0.3, -0.25) is 0 Å². The van der Waals surface area contributed by atoms with Gasteiger partial charge in [-0.1, -0.05) is 97.1 Å². The summed E-state index contributed by atoms with van der Waals surface area (Å²) in [6.45, 7) is 0. The van der Waals surface area contributed by atoms with E-state index >= 15 is 0 Å². The van der Waals surface area contributed by atoms with Crippen LogP contribution in [0.15, 0.2) is 156 Å². The van der Waals surface area contributed by atoms with E-state index in [1.165, 1.54) is 39.0 Å². The number of nitrogens with zero attached hydrogens (tertiary/aromatic N) is 2. The Hall–Kier alpha value is -5.80. The molecule has 0 fully saturated rings. The maximum absolute atomic E-state index is 6.47. The molecule has 0 N–H and O–H groups in total. The number of fused-ring (bicyclic) bond motifs is 6. The summed E-state index contributed by atoms with van der Waals surface area (Å²) in [5.74, 6) is 0. The molecule has 0 saturated heterocycles. The van der Waals surface area contributed by atoms with Crippen LogP contribution in [0.3, 0.4) is 0 Å². The van der Waals surface area contributed by atoms with Crippen LogP contribution in [0, 0.1) is 0 Å². The third kappa shape index (κ3) is 4.20. The number of allylic oxidation sites excluding steroid dienone is 1. The fraction of sp³-hybridized carbons (Fsp3) is 0.0476. The smallest absolute Gasteiger partial charge is 0.159 e. The first-order chi connectivity index (χ1) is 22.3. The number of furan rings is 1. The molecule has 0 radical (unpaired) electrons. The number of para-hydroxylation sites is 4. The van der Waals surface area contributed by atoms with Crippen LogP contribution in [0.1, 0.15) is 17.7 Å². The van der Waals surface area contributed by atoms with Crippen molar-refractivity contribution in [1.82, 2.24) is 4.57 Å². The normalized spacial score (nSPS) is 12.6. The number of aromatic nitrogens is 1. The minimum absolute atomic E-state index is 0.887. The number of rotatable bonds is 5. The van der Waals surface area contributed by atoms with Gasteiger partial charge in [0.1, 0.15) is 5.58 Å². The molecule has 6 aromatic carbocycles. The zero-order valence-electron chi connectivity index (χ0n) is 24.7. The zero-order valence-corrected chi connectivity index (χ0v) is 24.7. The van der Waals surface area contributed by atoms with E-state index in [4.69, 9.17) is 4.42 Å². The van der Waals surface area contributed by atoms with Gasteiger partial charge >= 0.3 is 0 Å². The first-order valence-corrected chi connectivity index (χ1v) is 15.6. The van der Waals surface area contributed by atoms with E-state index in [-0.39, 0.29) is 0 Å². The molecule has 8 aromatic rings. The van der Waals surface area contributed by atoms with Crippen LogP contribution in [-0.4, -0.2) is 4.57 Å². The molecule has 0 spiro atoms. The first kappa shape index (κ1) is 25.7. The second-order valence-corrected chi connectivity index (χ2v) is 11.7. The summed E-state index contributed by atoms with van der Waals surface area (Å²) in [6.07, 6.45) is 6.74. The molecule has 2 aromatic heterocycles. The van der Waals surface area contributed by atoms with Crippen molar-refractivity contribution in [1.29, 1.82) is 0 Å². The summed E-state index contributed by atoms with van der Waals surface area (Å²) in [6, 6.07) is 51.8. The van der Waals surface area contributed by atoms with E-state index in [0.29, 0.717) is 0 Å². The quantitative estimate of drug-likeness (QED) is 0.203. The fourth-order valence-electron chi connectivity index (χ4n) is 6.99. The Morgan fingerprint density at radius 2 is 1.29 bits per heavy atom. The highest BCUT2D eigenvalue weighted by atomic mass is 16.3. The summed E-state index contributed by atoms with van der Waals surface area (Å²) in [5.41, 5.74) is 12.6. The van der Waals surface area contributed by atoms with Crippen molar-refractivity contribution in [2.75, 3.05) is 4.90 Å². The largest absolute Gasteiger partial charge is 0.454 e. The number of anilines is 3. The third-order valence-electron chi connectivity index (χ3n) is 9.05. The molecule has 214 valence electrons. The molecule has 0 saturated carbocycles. The highest BCUT2D eigenvalue weighted by molar-refractivity contribution is 6.10. The van der Waals surface area contributed by atoms with Crippen molar-refractivity contribution in [3.05, 3.63) is 163 Å². The number of benzene rings is 6. The lowest BCUT2D eigenvalue weighted by Gasteiger charge is -2.25. The molecule has 0 unspecified atom stereocenters. The number of hydrogen-bond donors (Lipinski definition) is 0. The van der Waals surface area contributed by atoms with E-state index in [1.54, 1.807) is 0 Å². The molecule has 1 aliphatic rings. The highest BCUT2D eigenvalue weighted by Crippen LogP contribution is 2.43. The summed E-state index contributed by atoms with van der Waals surface area (Å²) in [4.78, 5) is 2.29. The lowest BCUT2D eigenvalue weighted by molar-refractivity contribution is 0.669. The topological polar surface area (TPSA) is 21.3 Å². The average Bonchev–Trinajstić information content (AvgIpc) is 3.66. The van der Waals surface area contributed by atoms with Crippen LogP contribution < -0.4 is 4.90 Å². The van der Waals surface area contributed by atoms with Gasteiger partial charge in [0, 0.05) is 44.5 Å². The van der Waals surface area contributed by atoms with Crippen LogP contribution in [0.2, 0.25) is 0 Å². The molecule has 45 heavy (non-hydrogen) atoms. The van der Waals surface area contributed by atoms with Crippen molar-refractivity contribution in [3.63, 3.8) is 0 Å². The summed E-state index contributed by atoms with van der Waals surface area (Å²) < 4.78 is 8.91. The predicted molar refractivity (Wildman–Crippen MR) is 188 cm³/mol. The first-order valence-electron chi connectivity index (χ1n) is 15.6. The van der Waals surface area contributed by atoms with Gasteiger partial charge < -0.3 is 13.9 Å². The van der Waals surface area contributed by atoms with E-state index in [2.05, 4.69) is 155 Å². The SMILES string of the molecule is C1=Cc2c(n(-c3ccccc3)c3ccc(-c4ccc(N(c5ccccc5)c5cccc6c5oc5ccccc56)cc4)cc23)CC1. The van der Waals surface area contributed by atoms with Gasteiger partial charge in [0.15, 0.2) is 5.58 Å². The molecule has 0 bridgehead atoms. The van der Waals surface area contributed by atoms with Gasteiger partial charge in [-0.2, -0.15) is 0 Å². The Balaban J connectivity index is 1.16. The second kappa shape index (κ2) is 10.4. The minimum atomic E-state index is 0.887. The Morgan fingerprint density at radius 1 is 0.578 bits per heavy atom. The Bertz CT molecular complexity index is 2360. The standard InChI is InChI=1S/C42H30N2O/c1-3-12-31(13-4-1)43(40-20-11-18-36-35-17-8-10-21-41(35)45-42(36)40)33-25-22-29(23-26-33)30-24-27-39-37(28-30)34-16-7-9-19-38(34)44(39)32-14-5-2-6-15-32/h1-8,10-18,20-28H,9,19H2. The Morgan fingerprint density at radius 3 is 2.13 bits per heavy atom. The van der Waals surface area contributed by atoms with Crippen LogP contribution in [-0.2, 0) is 6.42 Å². The second-order valence-electron chi connectivity index (χ2n) is 11.7. The minimum Gasteiger partial charge on any atom is -0.454 e. The van der Waals surface area contributed by atoms with Crippen LogP contribution in [0.25, 0.3) is 55.7 Å². The van der Waals surface area contributed by atoms with Crippen molar-refractivity contribution in [2.24, 2.45) is 0 Å². The van der Waals surface area contributed by atoms with Crippen LogP contribution >= 0.6 is 0 Å². The fourth-order valence-corrected chi connectivity index (χ4v) is 6.99. The Kier molecular flexibility index (Phi) is 5.95. The van der Waals surface area contributed by atoms with Gasteiger partial charge in [-0.25, -0.2) is 0 Å². The molecular weight excluding hydrogens is 548 g/mol. The Labute approximate surface area is 261 Å². The average molecular weight is 579 g/mol. The maximum atomic E-state index is 6.47. The predicted octanol–water partition coefficient (Wildman–Crippen LogP) is 11.6. The molecule has 0 aliphatic heterocycles. The number of hydrogen-bond acceptors (Lipinski definition) is 2. The molecular formula is C42H30N2O. The lowest BCUT2D eigenvalue weighted by Crippen LogP contribution is -2.10. The maximum Gasteiger partial charge on any atom is 0.159 e. The highest BCUT2D eigenvalue weighted by Gasteiger charge is 2.21. The zero-order chi connectivity index (χ0) is 29.7. The lowest BCUT2D eigenvalue weighted by atomic mass is 9.98. The molecule has 1 aliphatic carbocycles. The molecule has 2 heterocycles. The molecule has 9 rings (SSSR count). The van der Waals surface area contributed by atoms with Crippen molar-refractivity contribution in [2.45, 2.75) is 12.8 Å². The third-order valence-corrected chi connectivity index (χ3v) is 9.05. The molecule has 0 amide bonds. The van der Waals surface area contributed by atoms with Gasteiger partial charge in [0.25, 0.3) is 0 Å².